The van der Waals surface area contributed by atoms with Gasteiger partial charge in [-0.3, -0.25) is 4.79 Å². The Labute approximate surface area is 439 Å². The van der Waals surface area contributed by atoms with Crippen molar-refractivity contribution in [3.05, 3.63) is 85.1 Å². The molecule has 0 radical (unpaired) electrons. The number of rotatable bonds is 44. The Morgan fingerprint density at radius 2 is 0.890 bits per heavy atom. The van der Waals surface area contributed by atoms with Crippen LogP contribution in [0.3, 0.4) is 0 Å². The van der Waals surface area contributed by atoms with E-state index in [1.165, 1.54) is 77.0 Å². The van der Waals surface area contributed by atoms with Crippen LogP contribution in [0.2, 0.25) is 0 Å². The fourth-order valence-electron chi connectivity index (χ4n) is 8.34. The third-order valence-corrected chi connectivity index (χ3v) is 12.9. The topological polar surface area (TPSA) is 214 Å². The van der Waals surface area contributed by atoms with Gasteiger partial charge in [-0.15, -0.1) is 0 Å². The highest BCUT2D eigenvalue weighted by atomic mass is 16.7. The first kappa shape index (κ1) is 66.3. The molecule has 11 unspecified atom stereocenters. The van der Waals surface area contributed by atoms with Gasteiger partial charge in [0.25, 0.3) is 0 Å². The molecule has 2 rings (SSSR count). The number of esters is 1. The Kier molecular flexibility index (Phi) is 41.2. The molecule has 0 bridgehead atoms. The van der Waals surface area contributed by atoms with Gasteiger partial charge >= 0.3 is 5.97 Å². The third-order valence-electron chi connectivity index (χ3n) is 12.9. The maximum Gasteiger partial charge on any atom is 0.306 e. The molecule has 2 heterocycles. The van der Waals surface area contributed by atoms with Crippen molar-refractivity contribution in [3.63, 3.8) is 0 Å². The van der Waals surface area contributed by atoms with Crippen molar-refractivity contribution in [1.82, 2.24) is 0 Å². The van der Waals surface area contributed by atoms with E-state index in [-0.39, 0.29) is 19.6 Å². The SMILES string of the molecule is CC/C=C\C/C=C\C/C=C\C/C=C\CCCCC(=O)OC(COCCCCCCCCCCC/C=C\C/C=C\C/C=C\CCCCCCC)COC1OC(COC2OC(CO)C(O)C(O)C2O)C(O)C(O)C1O. The van der Waals surface area contributed by atoms with Gasteiger partial charge in [-0.2, -0.15) is 0 Å². The van der Waals surface area contributed by atoms with Crippen LogP contribution in [0.5, 0.6) is 0 Å². The van der Waals surface area contributed by atoms with Crippen molar-refractivity contribution < 1.29 is 69.0 Å². The lowest BCUT2D eigenvalue weighted by atomic mass is 9.98. The van der Waals surface area contributed by atoms with Crippen LogP contribution in [0.1, 0.15) is 181 Å². The molecule has 0 aliphatic carbocycles. The second-order valence-electron chi connectivity index (χ2n) is 19.4. The first-order chi connectivity index (χ1) is 35.6. The summed E-state index contributed by atoms with van der Waals surface area (Å²) in [5.74, 6) is -0.421. The first-order valence-corrected chi connectivity index (χ1v) is 28.2. The van der Waals surface area contributed by atoms with Gasteiger partial charge in [0.1, 0.15) is 54.9 Å². The van der Waals surface area contributed by atoms with Crippen LogP contribution >= 0.6 is 0 Å². The summed E-state index contributed by atoms with van der Waals surface area (Å²) in [4.78, 5) is 13.0. The highest BCUT2D eigenvalue weighted by Crippen LogP contribution is 2.26. The number of aliphatic hydroxyl groups is 7. The van der Waals surface area contributed by atoms with Crippen molar-refractivity contribution in [1.29, 1.82) is 0 Å². The number of unbranched alkanes of at least 4 members (excludes halogenated alkanes) is 16. The number of allylic oxidation sites excluding steroid dienone is 14. The summed E-state index contributed by atoms with van der Waals surface area (Å²) in [6.45, 7) is 3.48. The van der Waals surface area contributed by atoms with E-state index in [1.54, 1.807) is 0 Å². The van der Waals surface area contributed by atoms with Gasteiger partial charge in [0.05, 0.1) is 26.4 Å². The van der Waals surface area contributed by atoms with E-state index < -0.39 is 86.7 Å². The van der Waals surface area contributed by atoms with Crippen molar-refractivity contribution in [3.8, 4) is 0 Å². The molecule has 0 aromatic carbocycles. The molecule has 11 atom stereocenters. The minimum atomic E-state index is -1.72. The molecule has 7 N–H and O–H groups in total. The van der Waals surface area contributed by atoms with Gasteiger partial charge in [0.15, 0.2) is 12.6 Å². The average molecular weight is 1030 g/mol. The Balaban J connectivity index is 1.73. The summed E-state index contributed by atoms with van der Waals surface area (Å²) in [6.07, 6.45) is 42.2. The predicted molar refractivity (Wildman–Crippen MR) is 288 cm³/mol. The second-order valence-corrected chi connectivity index (χ2v) is 19.4. The molecule has 0 saturated carbocycles. The Morgan fingerprint density at radius 1 is 0.466 bits per heavy atom. The summed E-state index contributed by atoms with van der Waals surface area (Å²) in [7, 11) is 0. The van der Waals surface area contributed by atoms with E-state index in [0.29, 0.717) is 13.0 Å². The van der Waals surface area contributed by atoms with E-state index in [1.807, 2.05) is 0 Å². The van der Waals surface area contributed by atoms with Gasteiger partial charge in [-0.1, -0.05) is 170 Å². The minimum absolute atomic E-state index is 0.0359. The second kappa shape index (κ2) is 45.4. The molecule has 14 heteroatoms. The van der Waals surface area contributed by atoms with E-state index >= 15 is 0 Å². The summed E-state index contributed by atoms with van der Waals surface area (Å²) >= 11 is 0. The fraction of sp³-hybridized carbons (Fsp3) is 0.746. The Morgan fingerprint density at radius 3 is 1.40 bits per heavy atom. The number of carbonyl (C=O) groups excluding carboxylic acids is 1. The molecule has 2 saturated heterocycles. The molecule has 0 amide bonds. The lowest BCUT2D eigenvalue weighted by Gasteiger charge is -2.42. The molecule has 2 fully saturated rings. The number of hydrogen-bond acceptors (Lipinski definition) is 14. The van der Waals surface area contributed by atoms with Crippen LogP contribution in [0, 0.1) is 0 Å². The van der Waals surface area contributed by atoms with Crippen LogP contribution in [-0.4, -0.2) is 142 Å². The smallest absolute Gasteiger partial charge is 0.306 e. The van der Waals surface area contributed by atoms with E-state index in [2.05, 4.69) is 98.9 Å². The molecular formula is C59H100O14. The maximum atomic E-state index is 13.0. The largest absolute Gasteiger partial charge is 0.457 e. The first-order valence-electron chi connectivity index (χ1n) is 28.2. The predicted octanol–water partition coefficient (Wildman–Crippen LogP) is 9.63. The standard InChI is InChI=1S/C59H100O14/c1-3-5-7-9-11-13-15-17-19-20-21-22-23-24-25-26-27-29-31-33-35-37-39-41-43-68-45-48(71-51(61)42-40-38-36-34-32-30-28-18-16-14-12-10-8-6-4-2)46-69-58-57(67)55(65)53(63)50(73-58)47-70-59-56(66)54(64)52(62)49(44-60)72-59/h6,8,12,14-15,17-18,20-21,23-24,28,32,34,48-50,52-60,62-67H,3-5,7,9-11,13,16,19,22,25-27,29-31,33,35-47H2,1-2H3/b8-6-,14-12-,17-15-,21-20-,24-23-,28-18-,34-32-. The average Bonchev–Trinajstić information content (AvgIpc) is 3.39. The van der Waals surface area contributed by atoms with Crippen molar-refractivity contribution >= 4 is 5.97 Å². The van der Waals surface area contributed by atoms with Crippen molar-refractivity contribution in [2.75, 3.05) is 33.0 Å². The monoisotopic (exact) mass is 1030 g/mol. The van der Waals surface area contributed by atoms with Crippen LogP contribution in [0.4, 0.5) is 0 Å². The lowest BCUT2D eigenvalue weighted by Crippen LogP contribution is -2.61. The van der Waals surface area contributed by atoms with Crippen LogP contribution in [0.15, 0.2) is 85.1 Å². The summed E-state index contributed by atoms with van der Waals surface area (Å²) < 4.78 is 34.3. The number of carbonyl (C=O) groups is 1. The van der Waals surface area contributed by atoms with Gasteiger partial charge in [0, 0.05) is 13.0 Å². The summed E-state index contributed by atoms with van der Waals surface area (Å²) in [5, 5.41) is 72.3. The van der Waals surface area contributed by atoms with Gasteiger partial charge in [-0.25, -0.2) is 0 Å². The van der Waals surface area contributed by atoms with Gasteiger partial charge in [-0.05, 0) is 89.9 Å². The van der Waals surface area contributed by atoms with Crippen LogP contribution < -0.4 is 0 Å². The Hall–Kier alpha value is -2.83. The molecule has 0 aromatic heterocycles. The highest BCUT2D eigenvalue weighted by Gasteiger charge is 2.47. The number of aliphatic hydroxyl groups excluding tert-OH is 7. The zero-order valence-corrected chi connectivity index (χ0v) is 44.8. The van der Waals surface area contributed by atoms with Crippen LogP contribution in [-0.2, 0) is 33.2 Å². The maximum absolute atomic E-state index is 13.0. The molecule has 73 heavy (non-hydrogen) atoms. The quantitative estimate of drug-likeness (QED) is 0.0172. The van der Waals surface area contributed by atoms with Gasteiger partial charge in [0.2, 0.25) is 0 Å². The van der Waals surface area contributed by atoms with Crippen molar-refractivity contribution in [2.45, 2.75) is 248 Å². The highest BCUT2D eigenvalue weighted by molar-refractivity contribution is 5.69. The normalized spacial score (nSPS) is 25.6. The molecule has 420 valence electrons. The van der Waals surface area contributed by atoms with Crippen LogP contribution in [0.25, 0.3) is 0 Å². The summed E-state index contributed by atoms with van der Waals surface area (Å²) in [5.41, 5.74) is 0. The molecule has 2 aliphatic rings. The molecule has 0 spiro atoms. The molecule has 14 nitrogen and oxygen atoms in total. The molecule has 2 aliphatic heterocycles. The zero-order chi connectivity index (χ0) is 53.0. The third kappa shape index (κ3) is 32.4. The number of ether oxygens (including phenoxy) is 6. The van der Waals surface area contributed by atoms with E-state index in [0.717, 1.165) is 77.0 Å². The van der Waals surface area contributed by atoms with E-state index in [4.69, 9.17) is 28.4 Å². The summed E-state index contributed by atoms with van der Waals surface area (Å²) in [6, 6.07) is 0. The fourth-order valence-corrected chi connectivity index (χ4v) is 8.34. The lowest BCUT2D eigenvalue weighted by molar-refractivity contribution is -0.332. The number of hydrogen-bond donors (Lipinski definition) is 7. The molecule has 0 aromatic rings. The zero-order valence-electron chi connectivity index (χ0n) is 44.8. The minimum Gasteiger partial charge on any atom is -0.457 e. The molecular weight excluding hydrogens is 933 g/mol. The van der Waals surface area contributed by atoms with E-state index in [9.17, 15) is 40.5 Å². The van der Waals surface area contributed by atoms with Crippen molar-refractivity contribution in [2.24, 2.45) is 0 Å². The Bertz CT molecular complexity index is 1530. The van der Waals surface area contributed by atoms with Gasteiger partial charge < -0.3 is 64.2 Å².